The zero-order valence-electron chi connectivity index (χ0n) is 10.7. The lowest BCUT2D eigenvalue weighted by Crippen LogP contribution is -2.03. The van der Waals surface area contributed by atoms with Crippen molar-refractivity contribution in [3.63, 3.8) is 0 Å². The highest BCUT2D eigenvalue weighted by molar-refractivity contribution is 7.09. The molecule has 1 atom stereocenters. The second kappa shape index (κ2) is 5.72. The number of nitrogens with zero attached hydrogens (tertiary/aromatic N) is 1. The summed E-state index contributed by atoms with van der Waals surface area (Å²) in [5.74, 6) is 1.33. The minimum atomic E-state index is -0.0472. The molecule has 2 aromatic rings. The second-order valence-corrected chi connectivity index (χ2v) is 5.47. The summed E-state index contributed by atoms with van der Waals surface area (Å²) in [7, 11) is 0. The topological polar surface area (TPSA) is 22.1 Å². The molecule has 0 N–H and O–H groups in total. The SMILES string of the molecule is Cc1ccc(OC(C)c2nc(CCl)cs2)cc1C. The van der Waals surface area contributed by atoms with Crippen LogP contribution in [-0.4, -0.2) is 4.98 Å². The summed E-state index contributed by atoms with van der Waals surface area (Å²) >= 11 is 7.33. The molecule has 2 nitrogen and oxygen atoms in total. The Bertz CT molecular complexity index is 538. The van der Waals surface area contributed by atoms with E-state index in [1.165, 1.54) is 11.1 Å². The lowest BCUT2D eigenvalue weighted by molar-refractivity contribution is 0.226. The number of halogens is 1. The summed E-state index contributed by atoms with van der Waals surface area (Å²) in [6.45, 7) is 6.18. The van der Waals surface area contributed by atoms with Crippen molar-refractivity contribution < 1.29 is 4.74 Å². The predicted molar refractivity (Wildman–Crippen MR) is 76.6 cm³/mol. The minimum Gasteiger partial charge on any atom is -0.484 e. The lowest BCUT2D eigenvalue weighted by Gasteiger charge is -2.13. The summed E-state index contributed by atoms with van der Waals surface area (Å²) in [4.78, 5) is 4.43. The van der Waals surface area contributed by atoms with Crippen LogP contribution < -0.4 is 4.74 Å². The molecule has 0 saturated heterocycles. The van der Waals surface area contributed by atoms with Gasteiger partial charge in [-0.1, -0.05) is 6.07 Å². The van der Waals surface area contributed by atoms with Crippen LogP contribution in [0.15, 0.2) is 23.6 Å². The van der Waals surface area contributed by atoms with Crippen molar-refractivity contribution in [1.29, 1.82) is 0 Å². The molecule has 96 valence electrons. The van der Waals surface area contributed by atoms with Gasteiger partial charge in [-0.25, -0.2) is 4.98 Å². The number of thiazole rings is 1. The summed E-state index contributed by atoms with van der Waals surface area (Å²) < 4.78 is 5.90. The Balaban J connectivity index is 2.10. The first-order chi connectivity index (χ1) is 8.60. The molecule has 1 unspecified atom stereocenters. The van der Waals surface area contributed by atoms with Crippen LogP contribution in [0, 0.1) is 13.8 Å². The molecule has 0 radical (unpaired) electrons. The Morgan fingerprint density at radius 1 is 1.33 bits per heavy atom. The number of rotatable bonds is 4. The average Bonchev–Trinajstić information content (AvgIpc) is 2.82. The van der Waals surface area contributed by atoms with E-state index in [0.717, 1.165) is 16.5 Å². The van der Waals surface area contributed by atoms with E-state index in [1.807, 2.05) is 18.4 Å². The summed E-state index contributed by atoms with van der Waals surface area (Å²) in [5, 5.41) is 2.94. The summed E-state index contributed by atoms with van der Waals surface area (Å²) in [6.07, 6.45) is -0.0472. The van der Waals surface area contributed by atoms with Gasteiger partial charge in [0, 0.05) is 5.38 Å². The standard InChI is InChI=1S/C14H16ClNOS/c1-9-4-5-13(6-10(9)2)17-11(3)14-16-12(7-15)8-18-14/h4-6,8,11H,7H2,1-3H3. The van der Waals surface area contributed by atoms with E-state index in [9.17, 15) is 0 Å². The summed E-state index contributed by atoms with van der Waals surface area (Å²) in [5.41, 5.74) is 3.42. The van der Waals surface area contributed by atoms with Gasteiger partial charge in [-0.05, 0) is 44.0 Å². The Hall–Kier alpha value is -1.06. The quantitative estimate of drug-likeness (QED) is 0.762. The molecule has 2 rings (SSSR count). The predicted octanol–water partition coefficient (Wildman–Crippen LogP) is 4.64. The lowest BCUT2D eigenvalue weighted by atomic mass is 10.1. The number of hydrogen-bond acceptors (Lipinski definition) is 3. The Morgan fingerprint density at radius 3 is 2.72 bits per heavy atom. The van der Waals surface area contributed by atoms with Crippen molar-refractivity contribution in [2.75, 3.05) is 0 Å². The van der Waals surface area contributed by atoms with Crippen LogP contribution in [-0.2, 0) is 5.88 Å². The van der Waals surface area contributed by atoms with Gasteiger partial charge in [0.15, 0.2) is 0 Å². The molecule has 0 aliphatic rings. The number of aryl methyl sites for hydroxylation is 2. The van der Waals surface area contributed by atoms with E-state index in [1.54, 1.807) is 11.3 Å². The van der Waals surface area contributed by atoms with Gasteiger partial charge in [-0.3, -0.25) is 0 Å². The molecule has 1 aromatic heterocycles. The van der Waals surface area contributed by atoms with Crippen molar-refractivity contribution in [1.82, 2.24) is 4.98 Å². The molecule has 0 aliphatic carbocycles. The van der Waals surface area contributed by atoms with Crippen LogP contribution in [0.2, 0.25) is 0 Å². The van der Waals surface area contributed by atoms with Crippen molar-refractivity contribution >= 4 is 22.9 Å². The second-order valence-electron chi connectivity index (χ2n) is 4.32. The fraction of sp³-hybridized carbons (Fsp3) is 0.357. The van der Waals surface area contributed by atoms with E-state index in [2.05, 4.69) is 31.0 Å². The van der Waals surface area contributed by atoms with E-state index in [-0.39, 0.29) is 6.10 Å². The molecule has 4 heteroatoms. The van der Waals surface area contributed by atoms with E-state index >= 15 is 0 Å². The zero-order valence-corrected chi connectivity index (χ0v) is 12.3. The van der Waals surface area contributed by atoms with Crippen LogP contribution >= 0.6 is 22.9 Å². The molecule has 0 aliphatic heterocycles. The van der Waals surface area contributed by atoms with Gasteiger partial charge < -0.3 is 4.74 Å². The van der Waals surface area contributed by atoms with Crippen LogP contribution in [0.4, 0.5) is 0 Å². The Kier molecular flexibility index (Phi) is 4.25. The first-order valence-electron chi connectivity index (χ1n) is 5.84. The number of ether oxygens (including phenoxy) is 1. The molecule has 1 aromatic carbocycles. The van der Waals surface area contributed by atoms with Gasteiger partial charge in [0.05, 0.1) is 11.6 Å². The molecule has 0 bridgehead atoms. The molecule has 0 spiro atoms. The van der Waals surface area contributed by atoms with Gasteiger partial charge in [-0.2, -0.15) is 0 Å². The van der Waals surface area contributed by atoms with Crippen molar-refractivity contribution in [3.8, 4) is 5.75 Å². The molecule has 0 amide bonds. The fourth-order valence-electron chi connectivity index (χ4n) is 1.61. The molecular weight excluding hydrogens is 266 g/mol. The highest BCUT2D eigenvalue weighted by Gasteiger charge is 2.12. The maximum atomic E-state index is 5.90. The third-order valence-electron chi connectivity index (χ3n) is 2.85. The molecule has 18 heavy (non-hydrogen) atoms. The third-order valence-corrected chi connectivity index (χ3v) is 4.17. The smallest absolute Gasteiger partial charge is 0.147 e. The van der Waals surface area contributed by atoms with E-state index in [0.29, 0.717) is 5.88 Å². The van der Waals surface area contributed by atoms with E-state index in [4.69, 9.17) is 16.3 Å². The first kappa shape index (κ1) is 13.4. The maximum Gasteiger partial charge on any atom is 0.147 e. The number of hydrogen-bond donors (Lipinski definition) is 0. The van der Waals surface area contributed by atoms with Crippen molar-refractivity contribution in [3.05, 3.63) is 45.4 Å². The van der Waals surface area contributed by atoms with E-state index < -0.39 is 0 Å². The highest BCUT2D eigenvalue weighted by atomic mass is 35.5. The van der Waals surface area contributed by atoms with Crippen LogP contribution in [0.3, 0.4) is 0 Å². The molecular formula is C14H16ClNOS. The third kappa shape index (κ3) is 3.03. The largest absolute Gasteiger partial charge is 0.484 e. The highest BCUT2D eigenvalue weighted by Crippen LogP contribution is 2.26. The molecule has 0 fully saturated rings. The van der Waals surface area contributed by atoms with Gasteiger partial charge in [-0.15, -0.1) is 22.9 Å². The number of alkyl halides is 1. The van der Waals surface area contributed by atoms with Crippen LogP contribution in [0.25, 0.3) is 0 Å². The normalized spacial score (nSPS) is 12.4. The maximum absolute atomic E-state index is 5.90. The van der Waals surface area contributed by atoms with Gasteiger partial charge in [0.25, 0.3) is 0 Å². The van der Waals surface area contributed by atoms with Crippen molar-refractivity contribution in [2.24, 2.45) is 0 Å². The molecule has 0 saturated carbocycles. The number of benzene rings is 1. The fourth-order valence-corrected chi connectivity index (χ4v) is 2.64. The van der Waals surface area contributed by atoms with Crippen molar-refractivity contribution in [2.45, 2.75) is 32.8 Å². The monoisotopic (exact) mass is 281 g/mol. The first-order valence-corrected chi connectivity index (χ1v) is 7.25. The van der Waals surface area contributed by atoms with Gasteiger partial charge in [0.1, 0.15) is 16.9 Å². The minimum absolute atomic E-state index is 0.0472. The Morgan fingerprint density at radius 2 is 2.11 bits per heavy atom. The van der Waals surface area contributed by atoms with Gasteiger partial charge in [0.2, 0.25) is 0 Å². The molecule has 1 heterocycles. The van der Waals surface area contributed by atoms with Crippen LogP contribution in [0.5, 0.6) is 5.75 Å². The average molecular weight is 282 g/mol. The van der Waals surface area contributed by atoms with Gasteiger partial charge >= 0.3 is 0 Å². The van der Waals surface area contributed by atoms with Crippen LogP contribution in [0.1, 0.15) is 34.9 Å². The number of aromatic nitrogens is 1. The summed E-state index contributed by atoms with van der Waals surface area (Å²) in [6, 6.07) is 6.13. The Labute approximate surface area is 117 Å². The zero-order chi connectivity index (χ0) is 13.1.